The lowest BCUT2D eigenvalue weighted by molar-refractivity contribution is -0.132. The second kappa shape index (κ2) is 17.4. The van der Waals surface area contributed by atoms with E-state index in [1.165, 1.54) is 12.1 Å². The van der Waals surface area contributed by atoms with Crippen molar-refractivity contribution in [3.8, 4) is 5.75 Å². The molecule has 1 atom stereocenters. The van der Waals surface area contributed by atoms with Crippen molar-refractivity contribution in [2.45, 2.75) is 38.6 Å². The highest BCUT2D eigenvalue weighted by molar-refractivity contribution is 6.02. The maximum absolute atomic E-state index is 13.3. The Morgan fingerprint density at radius 1 is 0.800 bits per heavy atom. The molecular weight excluding hydrogens is 641 g/mol. The third-order valence-corrected chi connectivity index (χ3v) is 7.97. The first-order chi connectivity index (χ1) is 24.3. The van der Waals surface area contributed by atoms with Crippen LogP contribution in [0.3, 0.4) is 0 Å². The molecule has 0 unspecified atom stereocenters. The van der Waals surface area contributed by atoms with Crippen LogP contribution in [-0.4, -0.2) is 49.7 Å². The van der Waals surface area contributed by atoms with E-state index in [0.29, 0.717) is 18.8 Å². The molecule has 0 radical (unpaired) electrons. The van der Waals surface area contributed by atoms with E-state index in [2.05, 4.69) is 23.6 Å². The summed E-state index contributed by atoms with van der Waals surface area (Å²) in [5, 5.41) is 9.39. The average Bonchev–Trinajstić information content (AvgIpc) is 3.13. The number of carbonyl (C=O) groups is 4. The normalized spacial score (nSPS) is 11.4. The molecule has 10 nitrogen and oxygen atoms in total. The number of hydrogen-bond donors (Lipinski definition) is 3. The van der Waals surface area contributed by atoms with Crippen LogP contribution in [0, 0.1) is 5.82 Å². The molecule has 0 aliphatic carbocycles. The first-order valence-corrected chi connectivity index (χ1v) is 16.4. The van der Waals surface area contributed by atoms with Gasteiger partial charge in [0.15, 0.2) is 0 Å². The molecule has 258 valence electrons. The zero-order valence-electron chi connectivity index (χ0n) is 27.6. The van der Waals surface area contributed by atoms with Gasteiger partial charge in [-0.15, -0.1) is 0 Å². The zero-order chi connectivity index (χ0) is 35.3. The second-order valence-corrected chi connectivity index (χ2v) is 11.6. The summed E-state index contributed by atoms with van der Waals surface area (Å²) in [5.41, 5.74) is 3.75. The predicted octanol–water partition coefficient (Wildman–Crippen LogP) is 6.20. The predicted molar refractivity (Wildman–Crippen MR) is 187 cm³/mol. The Morgan fingerprint density at radius 3 is 2.12 bits per heavy atom. The summed E-state index contributed by atoms with van der Waals surface area (Å²) >= 11 is 0. The van der Waals surface area contributed by atoms with Crippen LogP contribution in [0.5, 0.6) is 5.75 Å². The van der Waals surface area contributed by atoms with Crippen LogP contribution in [0.2, 0.25) is 0 Å². The van der Waals surface area contributed by atoms with Crippen LogP contribution in [0.25, 0.3) is 21.5 Å². The van der Waals surface area contributed by atoms with Gasteiger partial charge < -0.3 is 24.9 Å². The van der Waals surface area contributed by atoms with Crippen molar-refractivity contribution >= 4 is 45.4 Å². The van der Waals surface area contributed by atoms with E-state index < -0.39 is 42.3 Å². The summed E-state index contributed by atoms with van der Waals surface area (Å²) in [4.78, 5) is 55.5. The van der Waals surface area contributed by atoms with E-state index in [0.717, 1.165) is 57.6 Å². The number of amides is 3. The van der Waals surface area contributed by atoms with E-state index in [4.69, 9.17) is 14.3 Å². The molecule has 0 bridgehead atoms. The van der Waals surface area contributed by atoms with Gasteiger partial charge in [0.05, 0.1) is 25.3 Å². The minimum Gasteiger partial charge on any atom is -0.494 e. The number of carbonyl (C=O) groups excluding carboxylic acids is 4. The molecule has 0 saturated heterocycles. The fourth-order valence-electron chi connectivity index (χ4n) is 5.38. The van der Waals surface area contributed by atoms with Gasteiger partial charge in [0.25, 0.3) is 5.91 Å². The molecule has 0 fully saturated rings. The highest BCUT2D eigenvalue weighted by Crippen LogP contribution is 2.29. The fourth-order valence-corrected chi connectivity index (χ4v) is 5.38. The van der Waals surface area contributed by atoms with Crippen LogP contribution in [0.15, 0.2) is 103 Å². The van der Waals surface area contributed by atoms with Gasteiger partial charge in [0.2, 0.25) is 5.91 Å². The minimum atomic E-state index is -1.11. The Balaban J connectivity index is 1.20. The van der Waals surface area contributed by atoms with Crippen molar-refractivity contribution in [2.75, 3.05) is 19.8 Å². The van der Waals surface area contributed by atoms with E-state index in [1.807, 2.05) is 54.0 Å². The third kappa shape index (κ3) is 9.79. The van der Waals surface area contributed by atoms with E-state index in [1.54, 1.807) is 24.3 Å². The van der Waals surface area contributed by atoms with Gasteiger partial charge in [0.1, 0.15) is 17.6 Å². The molecular formula is C39H38FN3O7. The molecule has 0 aliphatic rings. The standard InChI is InChI=1S/C39H38FN3O7/c1-2-3-21-48-31-18-12-26(13-19-31)23-35(37(45)41-25-36(44)43-50-38(46)27-14-16-30(40)17-15-27)42-39(47)49-22-20-34-32-10-6-4-8-28(32)24-29-9-5-7-11-33(29)34/h4-19,24,35H,2-3,20-23,25H2,1H3,(H,41,45)(H,42,47)(H,43,44)/t35-/m0/s1. The van der Waals surface area contributed by atoms with Crippen LogP contribution in [-0.2, 0) is 32.0 Å². The fraction of sp³-hybridized carbons (Fsp3) is 0.231. The Bertz CT molecular complexity index is 1890. The van der Waals surface area contributed by atoms with E-state index in [-0.39, 0.29) is 18.6 Å². The summed E-state index contributed by atoms with van der Waals surface area (Å²) in [6, 6.07) is 28.8. The maximum Gasteiger partial charge on any atom is 0.407 e. The largest absolute Gasteiger partial charge is 0.494 e. The van der Waals surface area contributed by atoms with Gasteiger partial charge in [-0.25, -0.2) is 14.0 Å². The highest BCUT2D eigenvalue weighted by Gasteiger charge is 2.23. The number of rotatable bonds is 14. The van der Waals surface area contributed by atoms with Crippen molar-refractivity contribution in [1.82, 2.24) is 16.1 Å². The number of hydroxylamine groups is 1. The number of hydrogen-bond acceptors (Lipinski definition) is 7. The molecule has 50 heavy (non-hydrogen) atoms. The first kappa shape index (κ1) is 35.3. The Kier molecular flexibility index (Phi) is 12.3. The number of fused-ring (bicyclic) bond motifs is 2. The quantitative estimate of drug-likeness (QED) is 0.0724. The topological polar surface area (TPSA) is 132 Å². The average molecular weight is 680 g/mol. The molecule has 0 saturated carbocycles. The molecule has 5 rings (SSSR count). The molecule has 5 aromatic carbocycles. The highest BCUT2D eigenvalue weighted by atomic mass is 19.1. The van der Waals surface area contributed by atoms with Gasteiger partial charge in [0, 0.05) is 12.8 Å². The van der Waals surface area contributed by atoms with E-state index >= 15 is 0 Å². The van der Waals surface area contributed by atoms with Crippen molar-refractivity contribution in [3.05, 3.63) is 126 Å². The monoisotopic (exact) mass is 679 g/mol. The number of nitrogens with one attached hydrogen (secondary N) is 3. The van der Waals surface area contributed by atoms with Gasteiger partial charge >= 0.3 is 12.1 Å². The zero-order valence-corrected chi connectivity index (χ0v) is 27.6. The van der Waals surface area contributed by atoms with E-state index in [9.17, 15) is 23.6 Å². The van der Waals surface area contributed by atoms with Crippen molar-refractivity contribution in [3.63, 3.8) is 0 Å². The van der Waals surface area contributed by atoms with Gasteiger partial charge in [-0.3, -0.25) is 9.59 Å². The molecule has 3 amide bonds. The summed E-state index contributed by atoms with van der Waals surface area (Å²) in [5.74, 6) is -2.25. The van der Waals surface area contributed by atoms with Crippen LogP contribution in [0.1, 0.15) is 41.3 Å². The molecule has 5 aromatic rings. The van der Waals surface area contributed by atoms with Gasteiger partial charge in [-0.1, -0.05) is 74.0 Å². The molecule has 3 N–H and O–H groups in total. The number of alkyl carbamates (subject to hydrolysis) is 1. The van der Waals surface area contributed by atoms with Crippen LogP contribution in [0.4, 0.5) is 9.18 Å². The Labute approximate surface area is 288 Å². The van der Waals surface area contributed by atoms with Crippen molar-refractivity contribution < 1.29 is 37.9 Å². The minimum absolute atomic E-state index is 0.0222. The lowest BCUT2D eigenvalue weighted by Gasteiger charge is -2.19. The van der Waals surface area contributed by atoms with Gasteiger partial charge in [-0.05, 0) is 81.6 Å². The molecule has 0 spiro atoms. The first-order valence-electron chi connectivity index (χ1n) is 16.4. The number of benzene rings is 5. The second-order valence-electron chi connectivity index (χ2n) is 11.6. The van der Waals surface area contributed by atoms with Gasteiger partial charge in [-0.2, -0.15) is 5.48 Å². The lowest BCUT2D eigenvalue weighted by Crippen LogP contribution is -2.50. The molecule has 11 heteroatoms. The summed E-state index contributed by atoms with van der Waals surface area (Å²) < 4.78 is 24.4. The van der Waals surface area contributed by atoms with Crippen LogP contribution < -0.4 is 20.9 Å². The van der Waals surface area contributed by atoms with Crippen molar-refractivity contribution in [2.24, 2.45) is 0 Å². The Morgan fingerprint density at radius 2 is 1.46 bits per heavy atom. The molecule has 0 aromatic heterocycles. The lowest BCUT2D eigenvalue weighted by atomic mass is 9.95. The maximum atomic E-state index is 13.3. The van der Waals surface area contributed by atoms with Crippen LogP contribution >= 0.6 is 0 Å². The number of unbranched alkanes of at least 4 members (excludes halogenated alkanes) is 1. The smallest absolute Gasteiger partial charge is 0.407 e. The number of halogens is 1. The summed E-state index contributed by atoms with van der Waals surface area (Å²) in [7, 11) is 0. The molecule has 0 aliphatic heterocycles. The summed E-state index contributed by atoms with van der Waals surface area (Å²) in [6.45, 7) is 2.17. The third-order valence-electron chi connectivity index (χ3n) is 7.97. The summed E-state index contributed by atoms with van der Waals surface area (Å²) in [6.07, 6.45) is 1.66. The molecule has 0 heterocycles. The Hall–Kier alpha value is -5.97. The number of ether oxygens (including phenoxy) is 2. The van der Waals surface area contributed by atoms with Crippen molar-refractivity contribution in [1.29, 1.82) is 0 Å². The SMILES string of the molecule is CCCCOc1ccc(C[C@H](NC(=O)OCCc2c3ccccc3cc3ccccc23)C(=O)NCC(=O)NOC(=O)c2ccc(F)cc2)cc1.